The normalized spacial score (nSPS) is 12.0. The van der Waals surface area contributed by atoms with Crippen LogP contribution in [0.3, 0.4) is 0 Å². The molecule has 0 aliphatic rings. The summed E-state index contributed by atoms with van der Waals surface area (Å²) in [4.78, 5) is 15.7. The summed E-state index contributed by atoms with van der Waals surface area (Å²) in [6, 6.07) is 5.50. The van der Waals surface area contributed by atoms with E-state index in [0.717, 1.165) is 11.0 Å². The minimum atomic E-state index is -0.532. The van der Waals surface area contributed by atoms with Crippen LogP contribution in [0.15, 0.2) is 18.2 Å². The number of aromatic nitrogens is 2. The summed E-state index contributed by atoms with van der Waals surface area (Å²) in [5.74, 6) is 0.545. The van der Waals surface area contributed by atoms with Crippen molar-refractivity contribution in [1.82, 2.24) is 9.55 Å². The predicted molar refractivity (Wildman–Crippen MR) is 77.4 cm³/mol. The molecule has 102 valence electrons. The molecule has 0 radical (unpaired) electrons. The van der Waals surface area contributed by atoms with E-state index in [2.05, 4.69) is 4.98 Å². The fraction of sp³-hybridized carbons (Fsp3) is 0.385. The monoisotopic (exact) mass is 299 g/mol. The Morgan fingerprint density at radius 3 is 2.74 bits per heavy atom. The zero-order valence-corrected chi connectivity index (χ0v) is 12.3. The Balaban J connectivity index is 2.73. The van der Waals surface area contributed by atoms with Gasteiger partial charge in [0.2, 0.25) is 5.91 Å². The lowest BCUT2D eigenvalue weighted by molar-refractivity contribution is -0.119. The number of imidazole rings is 1. The number of fused-ring (bicyclic) bond motifs is 1. The lowest BCUT2D eigenvalue weighted by Crippen LogP contribution is -2.33. The molecule has 0 aliphatic heterocycles. The van der Waals surface area contributed by atoms with Crippen molar-refractivity contribution in [3.8, 4) is 0 Å². The van der Waals surface area contributed by atoms with Crippen LogP contribution < -0.4 is 5.73 Å². The Morgan fingerprint density at radius 2 is 2.16 bits per heavy atom. The van der Waals surface area contributed by atoms with Gasteiger partial charge in [0.25, 0.3) is 0 Å². The topological polar surface area (TPSA) is 60.9 Å². The van der Waals surface area contributed by atoms with Gasteiger partial charge in [-0.05, 0) is 26.0 Å². The van der Waals surface area contributed by atoms with E-state index in [1.54, 1.807) is 6.07 Å². The molecule has 0 saturated carbocycles. The fourth-order valence-corrected chi connectivity index (χ4v) is 2.81. The molecular formula is C13H15Cl2N3O. The first-order valence-corrected chi connectivity index (χ1v) is 6.78. The van der Waals surface area contributed by atoms with E-state index >= 15 is 0 Å². The summed E-state index contributed by atoms with van der Waals surface area (Å²) in [5.41, 5.74) is 6.34. The van der Waals surface area contributed by atoms with Crippen LogP contribution in [0.2, 0.25) is 5.02 Å². The highest BCUT2D eigenvalue weighted by Gasteiger charge is 2.28. The molecule has 2 N–H and O–H groups in total. The summed E-state index contributed by atoms with van der Waals surface area (Å²) < 4.78 is 1.91. The standard InChI is InChI=1S/C13H15Cl2N3O/c1-13(2,6-10(16)19)18-11(7-14)17-9-5-3-4-8(15)12(9)18/h3-5H,6-7H2,1-2H3,(H2,16,19). The highest BCUT2D eigenvalue weighted by atomic mass is 35.5. The van der Waals surface area contributed by atoms with E-state index < -0.39 is 5.54 Å². The average Bonchev–Trinajstić information content (AvgIpc) is 2.68. The minimum Gasteiger partial charge on any atom is -0.370 e. The molecule has 0 fully saturated rings. The highest BCUT2D eigenvalue weighted by molar-refractivity contribution is 6.35. The molecule has 1 heterocycles. The number of nitrogens with zero attached hydrogens (tertiary/aromatic N) is 2. The fourth-order valence-electron chi connectivity index (χ4n) is 2.38. The van der Waals surface area contributed by atoms with Crippen molar-refractivity contribution in [2.75, 3.05) is 0 Å². The number of para-hydroxylation sites is 1. The van der Waals surface area contributed by atoms with Gasteiger partial charge in [-0.15, -0.1) is 11.6 Å². The molecule has 0 bridgehead atoms. The van der Waals surface area contributed by atoms with Crippen LogP contribution in [0.25, 0.3) is 11.0 Å². The number of benzene rings is 1. The maximum Gasteiger partial charge on any atom is 0.219 e. The summed E-state index contributed by atoms with van der Waals surface area (Å²) in [6.07, 6.45) is 0.188. The number of rotatable bonds is 4. The third-order valence-corrected chi connectivity index (χ3v) is 3.57. The second-order valence-corrected chi connectivity index (χ2v) is 5.73. The van der Waals surface area contributed by atoms with Gasteiger partial charge in [-0.2, -0.15) is 0 Å². The van der Waals surface area contributed by atoms with Crippen LogP contribution in [0, 0.1) is 0 Å². The first kappa shape index (κ1) is 14.2. The Labute approximate surface area is 121 Å². The third-order valence-electron chi connectivity index (χ3n) is 3.03. The highest BCUT2D eigenvalue weighted by Crippen LogP contribution is 2.32. The first-order valence-electron chi connectivity index (χ1n) is 5.87. The number of carbonyl (C=O) groups is 1. The maximum absolute atomic E-state index is 11.3. The van der Waals surface area contributed by atoms with Crippen LogP contribution in [0.4, 0.5) is 0 Å². The lowest BCUT2D eigenvalue weighted by atomic mass is 9.99. The molecule has 1 aromatic carbocycles. The second kappa shape index (κ2) is 5.02. The number of hydrogen-bond donors (Lipinski definition) is 1. The van der Waals surface area contributed by atoms with Gasteiger partial charge in [0, 0.05) is 12.0 Å². The predicted octanol–water partition coefficient (Wildman–Crippen LogP) is 3.04. The molecule has 2 aromatic rings. The van der Waals surface area contributed by atoms with E-state index in [0.29, 0.717) is 10.8 Å². The van der Waals surface area contributed by atoms with Gasteiger partial charge >= 0.3 is 0 Å². The minimum absolute atomic E-state index is 0.188. The summed E-state index contributed by atoms with van der Waals surface area (Å²) in [7, 11) is 0. The molecule has 1 aromatic heterocycles. The Bertz CT molecular complexity index is 634. The van der Waals surface area contributed by atoms with E-state index in [-0.39, 0.29) is 18.2 Å². The van der Waals surface area contributed by atoms with Crippen molar-refractivity contribution >= 4 is 40.1 Å². The van der Waals surface area contributed by atoms with Crippen molar-refractivity contribution in [2.45, 2.75) is 31.7 Å². The zero-order chi connectivity index (χ0) is 14.2. The number of amides is 1. The summed E-state index contributed by atoms with van der Waals surface area (Å²) >= 11 is 12.2. The smallest absolute Gasteiger partial charge is 0.219 e. The molecule has 4 nitrogen and oxygen atoms in total. The second-order valence-electron chi connectivity index (χ2n) is 5.06. The largest absolute Gasteiger partial charge is 0.370 e. The van der Waals surface area contributed by atoms with Crippen molar-refractivity contribution in [1.29, 1.82) is 0 Å². The number of hydrogen-bond acceptors (Lipinski definition) is 2. The van der Waals surface area contributed by atoms with E-state index in [9.17, 15) is 4.79 Å². The van der Waals surface area contributed by atoms with Crippen molar-refractivity contribution in [3.63, 3.8) is 0 Å². The zero-order valence-electron chi connectivity index (χ0n) is 10.8. The molecule has 6 heteroatoms. The van der Waals surface area contributed by atoms with Gasteiger partial charge in [-0.25, -0.2) is 4.98 Å². The molecule has 1 amide bonds. The number of halogens is 2. The van der Waals surface area contributed by atoms with Gasteiger partial charge in [0.15, 0.2) is 0 Å². The van der Waals surface area contributed by atoms with Crippen molar-refractivity contribution in [3.05, 3.63) is 29.0 Å². The quantitative estimate of drug-likeness (QED) is 0.882. The van der Waals surface area contributed by atoms with E-state index in [1.807, 2.05) is 30.5 Å². The molecule has 0 spiro atoms. The molecule has 0 atom stereocenters. The molecule has 0 unspecified atom stereocenters. The van der Waals surface area contributed by atoms with E-state index in [4.69, 9.17) is 28.9 Å². The van der Waals surface area contributed by atoms with Crippen LogP contribution >= 0.6 is 23.2 Å². The molecule has 19 heavy (non-hydrogen) atoms. The number of primary amides is 1. The maximum atomic E-state index is 11.3. The van der Waals surface area contributed by atoms with Gasteiger partial charge in [-0.1, -0.05) is 17.7 Å². The summed E-state index contributed by atoms with van der Waals surface area (Å²) in [6.45, 7) is 3.83. The number of alkyl halides is 1. The van der Waals surface area contributed by atoms with Crippen LogP contribution in [-0.2, 0) is 16.2 Å². The molecule has 0 aliphatic carbocycles. The molecular weight excluding hydrogens is 285 g/mol. The third kappa shape index (κ3) is 2.55. The SMILES string of the molecule is CC(C)(CC(N)=O)n1c(CCl)nc2cccc(Cl)c21. The number of carbonyl (C=O) groups excluding carboxylic acids is 1. The Morgan fingerprint density at radius 1 is 1.47 bits per heavy atom. The van der Waals surface area contributed by atoms with Crippen LogP contribution in [0.1, 0.15) is 26.1 Å². The molecule has 2 rings (SSSR count). The van der Waals surface area contributed by atoms with Crippen molar-refractivity contribution < 1.29 is 4.79 Å². The Hall–Kier alpha value is -1.26. The first-order chi connectivity index (χ1) is 8.86. The van der Waals surface area contributed by atoms with Crippen LogP contribution in [-0.4, -0.2) is 15.5 Å². The Kier molecular flexibility index (Phi) is 3.74. The average molecular weight is 300 g/mol. The molecule has 0 saturated heterocycles. The van der Waals surface area contributed by atoms with Gasteiger partial charge in [0.1, 0.15) is 5.82 Å². The van der Waals surface area contributed by atoms with Gasteiger partial charge in [-0.3, -0.25) is 4.79 Å². The number of nitrogens with two attached hydrogens (primary N) is 1. The lowest BCUT2D eigenvalue weighted by Gasteiger charge is -2.28. The van der Waals surface area contributed by atoms with Crippen molar-refractivity contribution in [2.24, 2.45) is 5.73 Å². The van der Waals surface area contributed by atoms with Crippen LogP contribution in [0.5, 0.6) is 0 Å². The van der Waals surface area contributed by atoms with Gasteiger partial charge in [0.05, 0.1) is 21.9 Å². The summed E-state index contributed by atoms with van der Waals surface area (Å²) in [5, 5.41) is 0.582. The van der Waals surface area contributed by atoms with Gasteiger partial charge < -0.3 is 10.3 Å². The van der Waals surface area contributed by atoms with E-state index in [1.165, 1.54) is 0 Å².